The zero-order chi connectivity index (χ0) is 13.9. The first kappa shape index (κ1) is 15.7. The topological polar surface area (TPSA) is 57.6 Å². The van der Waals surface area contributed by atoms with Gasteiger partial charge in [-0.15, -0.1) is 0 Å². The molecule has 17 heavy (non-hydrogen) atoms. The monoisotopic (exact) mass is 255 g/mol. The average Bonchev–Trinajstić information content (AvgIpc) is 2.07. The molecule has 0 aliphatic rings. The number of carbonyl (C=O) groups is 2. The molecule has 0 aromatic carbocycles. The average molecular weight is 255 g/mol. The molecule has 0 spiro atoms. The van der Waals surface area contributed by atoms with Crippen LogP contribution in [-0.4, -0.2) is 40.1 Å². The van der Waals surface area contributed by atoms with Crippen LogP contribution in [0.15, 0.2) is 0 Å². The summed E-state index contributed by atoms with van der Waals surface area (Å²) in [5.74, 6) is -2.06. The quantitative estimate of drug-likeness (QED) is 0.836. The summed E-state index contributed by atoms with van der Waals surface area (Å²) < 4.78 is 35.9. The van der Waals surface area contributed by atoms with E-state index in [0.717, 1.165) is 4.90 Å². The van der Waals surface area contributed by atoms with E-state index >= 15 is 0 Å². The Balaban J connectivity index is 4.61. The van der Waals surface area contributed by atoms with Gasteiger partial charge in [-0.2, -0.15) is 13.2 Å². The number of nitrogens with zero attached hydrogens (tertiary/aromatic N) is 1. The van der Waals surface area contributed by atoms with Gasteiger partial charge in [-0.05, 0) is 20.8 Å². The molecule has 0 bridgehead atoms. The molecule has 7 heteroatoms. The highest BCUT2D eigenvalue weighted by Crippen LogP contribution is 2.23. The first-order valence-corrected chi connectivity index (χ1v) is 5.02. The largest absolute Gasteiger partial charge is 0.480 e. The van der Waals surface area contributed by atoms with Crippen molar-refractivity contribution in [2.24, 2.45) is 0 Å². The van der Waals surface area contributed by atoms with Crippen molar-refractivity contribution in [2.75, 3.05) is 6.54 Å². The highest BCUT2D eigenvalue weighted by atomic mass is 19.4. The van der Waals surface area contributed by atoms with Crippen molar-refractivity contribution in [1.82, 2.24) is 4.90 Å². The first-order chi connectivity index (χ1) is 7.43. The smallest absolute Gasteiger partial charge is 0.389 e. The summed E-state index contributed by atoms with van der Waals surface area (Å²) in [5, 5.41) is 8.61. The van der Waals surface area contributed by atoms with Crippen LogP contribution < -0.4 is 0 Å². The van der Waals surface area contributed by atoms with Crippen LogP contribution in [0.2, 0.25) is 0 Å². The van der Waals surface area contributed by atoms with Crippen molar-refractivity contribution in [3.8, 4) is 0 Å². The van der Waals surface area contributed by atoms with Crippen molar-refractivity contribution in [3.63, 3.8) is 0 Å². The zero-order valence-electron chi connectivity index (χ0n) is 9.97. The van der Waals surface area contributed by atoms with E-state index in [2.05, 4.69) is 0 Å². The molecule has 0 heterocycles. The minimum Gasteiger partial charge on any atom is -0.480 e. The van der Waals surface area contributed by atoms with Gasteiger partial charge < -0.3 is 10.0 Å². The molecule has 4 nitrogen and oxygen atoms in total. The van der Waals surface area contributed by atoms with Gasteiger partial charge in [-0.1, -0.05) is 0 Å². The van der Waals surface area contributed by atoms with E-state index < -0.39 is 43.0 Å². The van der Waals surface area contributed by atoms with Crippen molar-refractivity contribution in [2.45, 2.75) is 45.3 Å². The second kappa shape index (κ2) is 5.37. The maximum atomic E-state index is 12.0. The standard InChI is InChI=1S/C10H16F3NO3/c1-9(2,3)14(6-8(16)17)7(15)4-5-10(11,12)13/h4-6H2,1-3H3,(H,16,17). The predicted octanol–water partition coefficient (Wildman–Crippen LogP) is 2.04. The SMILES string of the molecule is CC(C)(C)N(CC(=O)O)C(=O)CCC(F)(F)F. The second-order valence-electron chi connectivity index (χ2n) is 4.66. The summed E-state index contributed by atoms with van der Waals surface area (Å²) in [6.07, 6.45) is -6.38. The number of carboxylic acids is 1. The van der Waals surface area contributed by atoms with E-state index in [0.29, 0.717) is 0 Å². The molecular weight excluding hydrogens is 239 g/mol. The first-order valence-electron chi connectivity index (χ1n) is 5.02. The molecule has 100 valence electrons. The highest BCUT2D eigenvalue weighted by molar-refractivity contribution is 5.82. The molecule has 0 radical (unpaired) electrons. The number of hydrogen-bond donors (Lipinski definition) is 1. The minimum atomic E-state index is -4.41. The van der Waals surface area contributed by atoms with E-state index in [9.17, 15) is 22.8 Å². The molecule has 0 rings (SSSR count). The lowest BCUT2D eigenvalue weighted by Crippen LogP contribution is -2.48. The molecule has 0 saturated carbocycles. The molecule has 0 aliphatic carbocycles. The third kappa shape index (κ3) is 6.80. The van der Waals surface area contributed by atoms with Crippen molar-refractivity contribution >= 4 is 11.9 Å². The lowest BCUT2D eigenvalue weighted by molar-refractivity contribution is -0.155. The fraction of sp³-hybridized carbons (Fsp3) is 0.800. The molecule has 0 atom stereocenters. The van der Waals surface area contributed by atoms with Crippen LogP contribution in [-0.2, 0) is 9.59 Å². The fourth-order valence-electron chi connectivity index (χ4n) is 1.22. The summed E-state index contributed by atoms with van der Waals surface area (Å²) in [7, 11) is 0. The van der Waals surface area contributed by atoms with E-state index in [1.165, 1.54) is 0 Å². The molecule has 0 fully saturated rings. The van der Waals surface area contributed by atoms with Crippen LogP contribution in [0.3, 0.4) is 0 Å². The van der Waals surface area contributed by atoms with Crippen molar-refractivity contribution in [3.05, 3.63) is 0 Å². The fourth-order valence-corrected chi connectivity index (χ4v) is 1.22. The van der Waals surface area contributed by atoms with Crippen LogP contribution in [0.1, 0.15) is 33.6 Å². The van der Waals surface area contributed by atoms with Crippen LogP contribution in [0, 0.1) is 0 Å². The molecule has 1 amide bonds. The lowest BCUT2D eigenvalue weighted by atomic mass is 10.0. The van der Waals surface area contributed by atoms with Crippen LogP contribution in [0.5, 0.6) is 0 Å². The maximum Gasteiger partial charge on any atom is 0.389 e. The second-order valence-corrected chi connectivity index (χ2v) is 4.66. The van der Waals surface area contributed by atoms with Gasteiger partial charge in [-0.3, -0.25) is 9.59 Å². The van der Waals surface area contributed by atoms with Gasteiger partial charge in [-0.25, -0.2) is 0 Å². The Morgan fingerprint density at radius 1 is 1.18 bits per heavy atom. The molecule has 0 unspecified atom stereocenters. The Kier molecular flexibility index (Phi) is 4.97. The number of hydrogen-bond acceptors (Lipinski definition) is 2. The van der Waals surface area contributed by atoms with E-state index in [1.807, 2.05) is 0 Å². The van der Waals surface area contributed by atoms with Crippen LogP contribution in [0.4, 0.5) is 13.2 Å². The van der Waals surface area contributed by atoms with Crippen molar-refractivity contribution < 1.29 is 27.9 Å². The Morgan fingerprint density at radius 2 is 1.65 bits per heavy atom. The van der Waals surface area contributed by atoms with Gasteiger partial charge in [0.1, 0.15) is 6.54 Å². The molecule has 0 aromatic rings. The highest BCUT2D eigenvalue weighted by Gasteiger charge is 2.33. The minimum absolute atomic E-state index is 0.597. The van der Waals surface area contributed by atoms with E-state index in [4.69, 9.17) is 5.11 Å². The number of carbonyl (C=O) groups excluding carboxylic acids is 1. The van der Waals surface area contributed by atoms with Crippen LogP contribution >= 0.6 is 0 Å². The van der Waals surface area contributed by atoms with Gasteiger partial charge in [0.05, 0.1) is 6.42 Å². The van der Waals surface area contributed by atoms with Gasteiger partial charge >= 0.3 is 12.1 Å². The summed E-state index contributed by atoms with van der Waals surface area (Å²) in [4.78, 5) is 23.0. The number of amides is 1. The normalized spacial score (nSPS) is 12.4. The van der Waals surface area contributed by atoms with Gasteiger partial charge in [0, 0.05) is 12.0 Å². The molecular formula is C10H16F3NO3. The maximum absolute atomic E-state index is 12.0. The molecule has 0 aliphatic heterocycles. The Hall–Kier alpha value is -1.27. The molecule has 0 aromatic heterocycles. The third-order valence-corrected chi connectivity index (χ3v) is 2.03. The molecule has 0 saturated heterocycles. The summed E-state index contributed by atoms with van der Waals surface area (Å²) in [5.41, 5.74) is -0.818. The number of aliphatic carboxylic acids is 1. The zero-order valence-corrected chi connectivity index (χ0v) is 9.97. The number of halogens is 3. The number of alkyl halides is 3. The Morgan fingerprint density at radius 3 is 1.94 bits per heavy atom. The number of carboxylic acid groups (broad SMARTS) is 1. The van der Waals surface area contributed by atoms with Crippen molar-refractivity contribution in [1.29, 1.82) is 0 Å². The van der Waals surface area contributed by atoms with E-state index in [-0.39, 0.29) is 0 Å². The lowest BCUT2D eigenvalue weighted by Gasteiger charge is -2.34. The van der Waals surface area contributed by atoms with Gasteiger partial charge in [0.15, 0.2) is 0 Å². The molecule has 1 N–H and O–H groups in total. The van der Waals surface area contributed by atoms with Gasteiger partial charge in [0.25, 0.3) is 0 Å². The third-order valence-electron chi connectivity index (χ3n) is 2.03. The Labute approximate surface area is 97.4 Å². The van der Waals surface area contributed by atoms with Crippen LogP contribution in [0.25, 0.3) is 0 Å². The van der Waals surface area contributed by atoms with Gasteiger partial charge in [0.2, 0.25) is 5.91 Å². The predicted molar refractivity (Wildman–Crippen MR) is 54.4 cm³/mol. The summed E-state index contributed by atoms with van der Waals surface area (Å²) in [6, 6.07) is 0. The number of rotatable bonds is 4. The van der Waals surface area contributed by atoms with E-state index in [1.54, 1.807) is 20.8 Å². The summed E-state index contributed by atoms with van der Waals surface area (Å²) in [6.45, 7) is 4.12. The Bertz CT molecular complexity index is 294. The summed E-state index contributed by atoms with van der Waals surface area (Å²) >= 11 is 0.